The van der Waals surface area contributed by atoms with Gasteiger partial charge in [-0.05, 0) is 37.3 Å². The molecule has 28 heavy (non-hydrogen) atoms. The van der Waals surface area contributed by atoms with Crippen LogP contribution < -0.4 is 19.0 Å². The van der Waals surface area contributed by atoms with E-state index in [4.69, 9.17) is 20.6 Å². The summed E-state index contributed by atoms with van der Waals surface area (Å²) in [6, 6.07) is 10.9. The predicted octanol–water partition coefficient (Wildman–Crippen LogP) is 3.49. The molecular formula is C21H20N2O4S. The fourth-order valence-corrected chi connectivity index (χ4v) is 3.90. The number of benzene rings is 2. The summed E-state index contributed by atoms with van der Waals surface area (Å²) in [6.07, 6.45) is 5.53. The highest BCUT2D eigenvalue weighted by Crippen LogP contribution is 2.29. The van der Waals surface area contributed by atoms with Crippen molar-refractivity contribution in [2.24, 2.45) is 4.99 Å². The molecule has 1 heterocycles. The number of carbonyl (C=O) groups is 1. The summed E-state index contributed by atoms with van der Waals surface area (Å²) in [5.74, 6) is 3.71. The van der Waals surface area contributed by atoms with E-state index in [0.29, 0.717) is 29.5 Å². The molecule has 144 valence electrons. The summed E-state index contributed by atoms with van der Waals surface area (Å²) in [5.41, 5.74) is 1.16. The molecular weight excluding hydrogens is 376 g/mol. The zero-order valence-corrected chi connectivity index (χ0v) is 16.7. The highest BCUT2D eigenvalue weighted by atomic mass is 32.1. The SMILES string of the molecule is C#CCn1c(=NC(=O)c2c(OC)cccc2OC)sc2cc(OCC)ccc21. The van der Waals surface area contributed by atoms with Gasteiger partial charge in [-0.3, -0.25) is 4.79 Å². The molecule has 0 spiro atoms. The summed E-state index contributed by atoms with van der Waals surface area (Å²) in [5, 5.41) is 0. The first kappa shape index (κ1) is 19.5. The zero-order valence-electron chi connectivity index (χ0n) is 15.9. The van der Waals surface area contributed by atoms with Gasteiger partial charge in [-0.25, -0.2) is 0 Å². The van der Waals surface area contributed by atoms with Gasteiger partial charge in [0.15, 0.2) is 4.80 Å². The van der Waals surface area contributed by atoms with Gasteiger partial charge >= 0.3 is 0 Å². The Morgan fingerprint density at radius 1 is 1.21 bits per heavy atom. The molecule has 0 radical (unpaired) electrons. The number of hydrogen-bond donors (Lipinski definition) is 0. The molecule has 0 aliphatic carbocycles. The van der Waals surface area contributed by atoms with Crippen molar-refractivity contribution in [1.29, 1.82) is 0 Å². The molecule has 0 aliphatic heterocycles. The van der Waals surface area contributed by atoms with E-state index in [1.165, 1.54) is 25.6 Å². The zero-order chi connectivity index (χ0) is 20.1. The molecule has 0 atom stereocenters. The number of nitrogens with zero attached hydrogens (tertiary/aromatic N) is 2. The molecule has 1 amide bonds. The Morgan fingerprint density at radius 2 is 1.93 bits per heavy atom. The van der Waals surface area contributed by atoms with Gasteiger partial charge in [0.2, 0.25) is 0 Å². The second-order valence-corrected chi connectivity index (χ2v) is 6.70. The lowest BCUT2D eigenvalue weighted by Crippen LogP contribution is -2.17. The quantitative estimate of drug-likeness (QED) is 0.599. The van der Waals surface area contributed by atoms with Crippen molar-refractivity contribution in [2.75, 3.05) is 20.8 Å². The molecule has 0 aliphatic rings. The van der Waals surface area contributed by atoms with Crippen LogP contribution in [0.25, 0.3) is 10.2 Å². The van der Waals surface area contributed by atoms with E-state index in [0.717, 1.165) is 16.0 Å². The van der Waals surface area contributed by atoms with Gasteiger partial charge in [0.05, 0.1) is 37.6 Å². The minimum absolute atomic E-state index is 0.271. The molecule has 7 heteroatoms. The van der Waals surface area contributed by atoms with Crippen molar-refractivity contribution in [3.63, 3.8) is 0 Å². The molecule has 3 aromatic rings. The van der Waals surface area contributed by atoms with Gasteiger partial charge < -0.3 is 18.8 Å². The van der Waals surface area contributed by atoms with Crippen LogP contribution in [0.15, 0.2) is 41.4 Å². The van der Waals surface area contributed by atoms with E-state index in [9.17, 15) is 4.79 Å². The average molecular weight is 396 g/mol. The van der Waals surface area contributed by atoms with Crippen LogP contribution in [0.4, 0.5) is 0 Å². The Hall–Kier alpha value is -3.24. The first-order valence-corrected chi connectivity index (χ1v) is 9.44. The summed E-state index contributed by atoms with van der Waals surface area (Å²) < 4.78 is 18.9. The molecule has 0 saturated heterocycles. The second kappa shape index (κ2) is 8.63. The lowest BCUT2D eigenvalue weighted by Gasteiger charge is -2.09. The number of methoxy groups -OCH3 is 2. The summed E-state index contributed by atoms with van der Waals surface area (Å²) >= 11 is 1.37. The summed E-state index contributed by atoms with van der Waals surface area (Å²) in [6.45, 7) is 2.80. The van der Waals surface area contributed by atoms with Crippen molar-refractivity contribution >= 4 is 27.5 Å². The smallest absolute Gasteiger partial charge is 0.287 e. The van der Waals surface area contributed by atoms with Crippen LogP contribution in [-0.4, -0.2) is 31.3 Å². The number of aromatic nitrogens is 1. The van der Waals surface area contributed by atoms with E-state index < -0.39 is 5.91 Å². The van der Waals surface area contributed by atoms with Gasteiger partial charge in [0.1, 0.15) is 22.8 Å². The fourth-order valence-electron chi connectivity index (χ4n) is 2.84. The Balaban J connectivity index is 2.17. The first-order chi connectivity index (χ1) is 13.6. The van der Waals surface area contributed by atoms with Crippen molar-refractivity contribution in [3.05, 3.63) is 46.8 Å². The lowest BCUT2D eigenvalue weighted by molar-refractivity contribution is 0.0992. The maximum Gasteiger partial charge on any atom is 0.287 e. The number of terminal acetylenes is 1. The number of carbonyl (C=O) groups excluding carboxylic acids is 1. The van der Waals surface area contributed by atoms with Crippen LogP contribution in [0.2, 0.25) is 0 Å². The highest BCUT2D eigenvalue weighted by Gasteiger charge is 2.18. The maximum atomic E-state index is 13.0. The van der Waals surface area contributed by atoms with Crippen molar-refractivity contribution in [3.8, 4) is 29.6 Å². The largest absolute Gasteiger partial charge is 0.496 e. The number of rotatable bonds is 6. The molecule has 2 aromatic carbocycles. The standard InChI is InChI=1S/C21H20N2O4S/c1-5-12-23-15-11-10-14(27-6-2)13-18(15)28-21(23)22-20(24)19-16(25-3)8-7-9-17(19)26-4/h1,7-11,13H,6,12H2,2-4H3. The van der Waals surface area contributed by atoms with Crippen LogP contribution in [0, 0.1) is 12.3 Å². The first-order valence-electron chi connectivity index (χ1n) is 8.62. The minimum Gasteiger partial charge on any atom is -0.496 e. The number of hydrogen-bond acceptors (Lipinski definition) is 5. The molecule has 6 nitrogen and oxygen atoms in total. The maximum absolute atomic E-state index is 13.0. The molecule has 0 unspecified atom stereocenters. The number of ether oxygens (including phenoxy) is 3. The van der Waals surface area contributed by atoms with Crippen LogP contribution in [-0.2, 0) is 6.54 Å². The third-order valence-electron chi connectivity index (χ3n) is 4.05. The number of thiazole rings is 1. The molecule has 0 fully saturated rings. The molecule has 0 N–H and O–H groups in total. The van der Waals surface area contributed by atoms with E-state index >= 15 is 0 Å². The Labute approximate surface area is 167 Å². The molecule has 0 bridgehead atoms. The minimum atomic E-state index is -0.461. The Morgan fingerprint density at radius 3 is 2.54 bits per heavy atom. The fraction of sp³-hybridized carbons (Fsp3) is 0.238. The molecule has 3 rings (SSSR count). The highest BCUT2D eigenvalue weighted by molar-refractivity contribution is 7.16. The average Bonchev–Trinajstić information content (AvgIpc) is 3.04. The summed E-state index contributed by atoms with van der Waals surface area (Å²) in [4.78, 5) is 17.8. The van der Waals surface area contributed by atoms with E-state index in [1.54, 1.807) is 18.2 Å². The third-order valence-corrected chi connectivity index (χ3v) is 5.09. The van der Waals surface area contributed by atoms with Crippen LogP contribution in [0.3, 0.4) is 0 Å². The van der Waals surface area contributed by atoms with Crippen LogP contribution in [0.1, 0.15) is 17.3 Å². The van der Waals surface area contributed by atoms with E-state index in [1.807, 2.05) is 29.7 Å². The van der Waals surface area contributed by atoms with Crippen molar-refractivity contribution < 1.29 is 19.0 Å². The third kappa shape index (κ3) is 3.73. The lowest BCUT2D eigenvalue weighted by atomic mass is 10.1. The van der Waals surface area contributed by atoms with Crippen molar-refractivity contribution in [1.82, 2.24) is 4.57 Å². The van der Waals surface area contributed by atoms with Crippen LogP contribution in [0.5, 0.6) is 17.2 Å². The Bertz CT molecular complexity index is 1100. The van der Waals surface area contributed by atoms with Gasteiger partial charge in [-0.15, -0.1) is 6.42 Å². The van der Waals surface area contributed by atoms with Gasteiger partial charge in [0, 0.05) is 0 Å². The van der Waals surface area contributed by atoms with Crippen molar-refractivity contribution in [2.45, 2.75) is 13.5 Å². The van der Waals surface area contributed by atoms with Crippen LogP contribution >= 0.6 is 11.3 Å². The predicted molar refractivity (Wildman–Crippen MR) is 109 cm³/mol. The number of amides is 1. The topological polar surface area (TPSA) is 62.1 Å². The molecule has 0 saturated carbocycles. The van der Waals surface area contributed by atoms with Gasteiger partial charge in [-0.1, -0.05) is 23.3 Å². The van der Waals surface area contributed by atoms with Gasteiger partial charge in [-0.2, -0.15) is 4.99 Å². The van der Waals surface area contributed by atoms with E-state index in [-0.39, 0.29) is 5.56 Å². The monoisotopic (exact) mass is 396 g/mol. The Kier molecular flexibility index (Phi) is 6.02. The molecule has 1 aromatic heterocycles. The van der Waals surface area contributed by atoms with Gasteiger partial charge in [0.25, 0.3) is 5.91 Å². The van der Waals surface area contributed by atoms with E-state index in [2.05, 4.69) is 10.9 Å². The second-order valence-electron chi connectivity index (χ2n) is 5.69. The number of fused-ring (bicyclic) bond motifs is 1. The summed E-state index contributed by atoms with van der Waals surface area (Å²) in [7, 11) is 3.00. The normalized spacial score (nSPS) is 11.3.